The molecule has 3 nitrogen and oxygen atoms in total. The van der Waals surface area contributed by atoms with Crippen LogP contribution in [0.15, 0.2) is 41.1 Å². The first kappa shape index (κ1) is 15.3. The number of nitrogens with zero attached hydrogens (tertiary/aromatic N) is 3. The largest absolute Gasteiger partial charge is 0.298 e. The summed E-state index contributed by atoms with van der Waals surface area (Å²) in [6.07, 6.45) is 1.08. The molecule has 0 spiro atoms. The third-order valence-corrected chi connectivity index (χ3v) is 6.37. The van der Waals surface area contributed by atoms with Gasteiger partial charge in [0.15, 0.2) is 0 Å². The summed E-state index contributed by atoms with van der Waals surface area (Å²) in [6, 6.07) is 9.06. The van der Waals surface area contributed by atoms with E-state index in [1.54, 1.807) is 23.5 Å². The fourth-order valence-corrected chi connectivity index (χ4v) is 5.23. The summed E-state index contributed by atoms with van der Waals surface area (Å²) < 4.78 is 15.7. The molecule has 5 heteroatoms. The fourth-order valence-electron chi connectivity index (χ4n) is 4.57. The van der Waals surface area contributed by atoms with Gasteiger partial charge >= 0.3 is 0 Å². The van der Waals surface area contributed by atoms with Crippen LogP contribution in [0.3, 0.4) is 0 Å². The Labute approximate surface area is 150 Å². The minimum atomic E-state index is -0.197. The Hall–Kier alpha value is -1.98. The second-order valence-corrected chi connectivity index (χ2v) is 8.02. The van der Waals surface area contributed by atoms with E-state index in [1.165, 1.54) is 22.9 Å². The number of hydrogen-bond donors (Lipinski definition) is 0. The van der Waals surface area contributed by atoms with Gasteiger partial charge in [-0.2, -0.15) is 16.4 Å². The molecule has 2 aliphatic rings. The summed E-state index contributed by atoms with van der Waals surface area (Å²) in [6.45, 7) is 3.24. The van der Waals surface area contributed by atoms with Crippen molar-refractivity contribution in [2.75, 3.05) is 13.1 Å². The van der Waals surface area contributed by atoms with Crippen molar-refractivity contribution in [1.82, 2.24) is 14.7 Å². The molecule has 1 saturated heterocycles. The molecule has 3 heterocycles. The normalized spacial score (nSPS) is 22.3. The Morgan fingerprint density at radius 1 is 1.28 bits per heavy atom. The quantitative estimate of drug-likeness (QED) is 0.708. The van der Waals surface area contributed by atoms with Crippen LogP contribution in [-0.2, 0) is 20.0 Å². The molecule has 0 bridgehead atoms. The van der Waals surface area contributed by atoms with Crippen molar-refractivity contribution in [2.24, 2.45) is 13.0 Å². The highest BCUT2D eigenvalue weighted by molar-refractivity contribution is 7.07. The van der Waals surface area contributed by atoms with Crippen LogP contribution in [-0.4, -0.2) is 27.8 Å². The molecule has 1 fully saturated rings. The minimum Gasteiger partial charge on any atom is -0.298 e. The standard InChI is InChI=1S/C20H20FN3S/c1-23-18-8-15-10-24(9-13-5-6-25-12-13)11-17(15)19(18)20(22-23)14-3-2-4-16(21)7-14/h2-7,12,15,17H,8-11H2,1H3/t15-,17+/m1/s1. The van der Waals surface area contributed by atoms with Crippen molar-refractivity contribution < 1.29 is 4.39 Å². The van der Waals surface area contributed by atoms with Crippen LogP contribution in [0, 0.1) is 11.7 Å². The first-order valence-electron chi connectivity index (χ1n) is 8.74. The number of halogens is 1. The Bertz CT molecular complexity index is 915. The second-order valence-electron chi connectivity index (χ2n) is 7.24. The number of benzene rings is 1. The molecule has 2 atom stereocenters. The van der Waals surface area contributed by atoms with Gasteiger partial charge in [-0.15, -0.1) is 0 Å². The van der Waals surface area contributed by atoms with Gasteiger partial charge in [-0.25, -0.2) is 4.39 Å². The number of aromatic nitrogens is 2. The maximum atomic E-state index is 13.7. The summed E-state index contributed by atoms with van der Waals surface area (Å²) in [4.78, 5) is 2.56. The highest BCUT2D eigenvalue weighted by Gasteiger charge is 2.43. The van der Waals surface area contributed by atoms with E-state index in [4.69, 9.17) is 5.10 Å². The predicted molar refractivity (Wildman–Crippen MR) is 98.1 cm³/mol. The van der Waals surface area contributed by atoms with Gasteiger partial charge in [0.25, 0.3) is 0 Å². The van der Waals surface area contributed by atoms with Gasteiger partial charge in [-0.05, 0) is 46.9 Å². The topological polar surface area (TPSA) is 21.1 Å². The van der Waals surface area contributed by atoms with Crippen LogP contribution in [0.5, 0.6) is 0 Å². The average molecular weight is 353 g/mol. The van der Waals surface area contributed by atoms with E-state index in [-0.39, 0.29) is 5.82 Å². The molecular formula is C20H20FN3S. The van der Waals surface area contributed by atoms with E-state index in [0.717, 1.165) is 37.3 Å². The lowest BCUT2D eigenvalue weighted by Crippen LogP contribution is -2.21. The van der Waals surface area contributed by atoms with E-state index in [0.29, 0.717) is 11.8 Å². The van der Waals surface area contributed by atoms with Crippen LogP contribution in [0.25, 0.3) is 11.3 Å². The summed E-state index contributed by atoms with van der Waals surface area (Å²) in [5.74, 6) is 0.975. The van der Waals surface area contributed by atoms with Crippen LogP contribution in [0.1, 0.15) is 22.7 Å². The molecule has 0 saturated carbocycles. The Balaban J connectivity index is 1.47. The molecule has 3 aromatic rings. The molecule has 5 rings (SSSR count). The van der Waals surface area contributed by atoms with Crippen molar-refractivity contribution in [3.8, 4) is 11.3 Å². The summed E-state index contributed by atoms with van der Waals surface area (Å²) in [5.41, 5.74) is 5.97. The summed E-state index contributed by atoms with van der Waals surface area (Å²) >= 11 is 1.76. The molecule has 1 aliphatic carbocycles. The third-order valence-electron chi connectivity index (χ3n) is 5.63. The van der Waals surface area contributed by atoms with Gasteiger partial charge in [0.2, 0.25) is 0 Å². The van der Waals surface area contributed by atoms with Gasteiger partial charge in [0, 0.05) is 49.4 Å². The van der Waals surface area contributed by atoms with Crippen LogP contribution in [0.4, 0.5) is 4.39 Å². The molecule has 1 aliphatic heterocycles. The number of fused-ring (bicyclic) bond motifs is 3. The second kappa shape index (κ2) is 5.78. The molecule has 0 N–H and O–H groups in total. The van der Waals surface area contributed by atoms with Crippen molar-refractivity contribution in [1.29, 1.82) is 0 Å². The van der Waals surface area contributed by atoms with E-state index in [1.807, 2.05) is 17.8 Å². The fraction of sp³-hybridized carbons (Fsp3) is 0.350. The van der Waals surface area contributed by atoms with E-state index in [2.05, 4.69) is 21.7 Å². The van der Waals surface area contributed by atoms with Crippen molar-refractivity contribution >= 4 is 11.3 Å². The SMILES string of the molecule is Cn1nc(-c2cccc(F)c2)c2c1C[C@@H]1CN(Cc3ccsc3)C[C@H]21. The zero-order chi connectivity index (χ0) is 17.0. The highest BCUT2D eigenvalue weighted by atomic mass is 32.1. The van der Waals surface area contributed by atoms with E-state index < -0.39 is 0 Å². The van der Waals surface area contributed by atoms with Gasteiger partial charge < -0.3 is 0 Å². The number of aryl methyl sites for hydroxylation is 1. The highest BCUT2D eigenvalue weighted by Crippen LogP contribution is 2.47. The van der Waals surface area contributed by atoms with Gasteiger partial charge in [0.05, 0.1) is 5.69 Å². The van der Waals surface area contributed by atoms with E-state index in [9.17, 15) is 4.39 Å². The Morgan fingerprint density at radius 3 is 3.00 bits per heavy atom. The lowest BCUT2D eigenvalue weighted by molar-refractivity contribution is 0.313. The zero-order valence-corrected chi connectivity index (χ0v) is 15.0. The number of hydrogen-bond acceptors (Lipinski definition) is 3. The Kier molecular flexibility index (Phi) is 3.54. The summed E-state index contributed by atoms with van der Waals surface area (Å²) in [7, 11) is 2.02. The van der Waals surface area contributed by atoms with Crippen molar-refractivity contribution in [2.45, 2.75) is 18.9 Å². The average Bonchev–Trinajstić information content (AvgIpc) is 3.32. The lowest BCUT2D eigenvalue weighted by Gasteiger charge is -2.16. The van der Waals surface area contributed by atoms with Crippen molar-refractivity contribution in [3.63, 3.8) is 0 Å². The molecule has 0 unspecified atom stereocenters. The molecule has 0 radical (unpaired) electrons. The predicted octanol–water partition coefficient (Wildman–Crippen LogP) is 4.06. The molecule has 25 heavy (non-hydrogen) atoms. The van der Waals surface area contributed by atoms with Gasteiger partial charge in [-0.1, -0.05) is 12.1 Å². The Morgan fingerprint density at radius 2 is 2.20 bits per heavy atom. The monoisotopic (exact) mass is 353 g/mol. The zero-order valence-electron chi connectivity index (χ0n) is 14.2. The number of rotatable bonds is 3. The molecule has 2 aromatic heterocycles. The van der Waals surface area contributed by atoms with Crippen LogP contribution >= 0.6 is 11.3 Å². The molecule has 0 amide bonds. The smallest absolute Gasteiger partial charge is 0.123 e. The lowest BCUT2D eigenvalue weighted by atomic mass is 9.94. The molecule has 128 valence electrons. The maximum Gasteiger partial charge on any atom is 0.123 e. The van der Waals surface area contributed by atoms with E-state index >= 15 is 0 Å². The third kappa shape index (κ3) is 2.53. The summed E-state index contributed by atoms with van der Waals surface area (Å²) in [5, 5.41) is 9.12. The maximum absolute atomic E-state index is 13.7. The molecule has 1 aromatic carbocycles. The molecular weight excluding hydrogens is 333 g/mol. The number of thiophene rings is 1. The first-order valence-corrected chi connectivity index (χ1v) is 9.68. The van der Waals surface area contributed by atoms with Gasteiger partial charge in [-0.3, -0.25) is 9.58 Å². The minimum absolute atomic E-state index is 0.197. The van der Waals surface area contributed by atoms with Crippen LogP contribution in [0.2, 0.25) is 0 Å². The van der Waals surface area contributed by atoms with Gasteiger partial charge in [0.1, 0.15) is 5.82 Å². The number of likely N-dealkylation sites (tertiary alicyclic amines) is 1. The van der Waals surface area contributed by atoms with Crippen molar-refractivity contribution in [3.05, 3.63) is 63.7 Å². The first-order chi connectivity index (χ1) is 12.2. The van der Waals surface area contributed by atoms with Crippen LogP contribution < -0.4 is 0 Å².